The van der Waals surface area contributed by atoms with Crippen molar-refractivity contribution in [3.63, 3.8) is 0 Å². The first-order valence-electron chi connectivity index (χ1n) is 30.6. The van der Waals surface area contributed by atoms with Crippen molar-refractivity contribution in [2.24, 2.45) is 27.6 Å². The summed E-state index contributed by atoms with van der Waals surface area (Å²) in [6.07, 6.45) is 3.76. The van der Waals surface area contributed by atoms with E-state index in [0.717, 1.165) is 25.7 Å². The molecular weight excluding hydrogens is 1250 g/mol. The third kappa shape index (κ3) is 19.0. The molecule has 5 atom stereocenters. The van der Waals surface area contributed by atoms with E-state index in [1.54, 1.807) is 19.1 Å². The van der Waals surface area contributed by atoms with Crippen LogP contribution in [0.25, 0.3) is 0 Å². The molecule has 0 spiro atoms. The molecule has 3 saturated heterocycles. The lowest BCUT2D eigenvalue weighted by Gasteiger charge is -2.27. The van der Waals surface area contributed by atoms with Crippen molar-refractivity contribution in [3.8, 4) is 17.2 Å². The molecular formula is C71H82F4O16S2. The van der Waals surface area contributed by atoms with Gasteiger partial charge in [-0.25, -0.2) is 17.2 Å². The Bertz CT molecular complexity index is 3500. The van der Waals surface area contributed by atoms with Crippen LogP contribution >= 0.6 is 0 Å². The Hall–Kier alpha value is -7.63. The minimum atomic E-state index is -5.81. The van der Waals surface area contributed by atoms with E-state index in [9.17, 15) is 54.5 Å². The fraction of sp³-hybridized carbons (Fsp3) is 0.423. The Morgan fingerprint density at radius 1 is 0.570 bits per heavy atom. The highest BCUT2D eigenvalue weighted by Gasteiger charge is 2.65. The zero-order valence-corrected chi connectivity index (χ0v) is 55.9. The second kappa shape index (κ2) is 32.0. The van der Waals surface area contributed by atoms with Gasteiger partial charge in [-0.1, -0.05) is 107 Å². The Kier molecular flexibility index (Phi) is 25.6. The molecule has 22 heteroatoms. The maximum atomic E-state index is 13.6. The molecule has 6 aromatic carbocycles. The molecule has 93 heavy (non-hydrogen) atoms. The van der Waals surface area contributed by atoms with E-state index in [0.29, 0.717) is 18.6 Å². The number of phenolic OH excluding ortho intramolecular Hbond substituents is 1. The summed E-state index contributed by atoms with van der Waals surface area (Å²) < 4.78 is 123. The Morgan fingerprint density at radius 2 is 0.978 bits per heavy atom. The van der Waals surface area contributed by atoms with Crippen LogP contribution < -0.4 is 9.47 Å². The van der Waals surface area contributed by atoms with Gasteiger partial charge in [0.2, 0.25) is 17.4 Å². The quantitative estimate of drug-likeness (QED) is 0.0123. The number of phenols is 1. The summed E-state index contributed by atoms with van der Waals surface area (Å²) in [6, 6.07) is 46.6. The van der Waals surface area contributed by atoms with Crippen LogP contribution in [-0.2, 0) is 81.5 Å². The molecule has 5 unspecified atom stereocenters. The summed E-state index contributed by atoms with van der Waals surface area (Å²) in [5.41, 5.74) is 0.0548. The van der Waals surface area contributed by atoms with Crippen LogP contribution in [0.3, 0.4) is 0 Å². The SMILES string of the molecule is CCC(C)(C)C(=O)OC1C2CC3C(=O)OC1C3O2.CCC(C)(C)C(=O)OCOC1Cc2ccccc2C1.CCC(C)(C)C(=O)Oc1c(F)c(F)c(S(=O)(=O)[O-])c(F)c1F.CCC(C)(C)C(=O)Oc1ccc(O)cc1.c1ccc([S+](c2ccccc2)c2ccccc2)cc1. The van der Waals surface area contributed by atoms with E-state index in [4.69, 9.17) is 33.5 Å². The molecule has 1 aliphatic carbocycles. The van der Waals surface area contributed by atoms with Gasteiger partial charge >= 0.3 is 29.8 Å². The molecule has 3 aliphatic heterocycles. The highest BCUT2D eigenvalue weighted by Crippen LogP contribution is 2.48. The van der Waals surface area contributed by atoms with Crippen LogP contribution in [0.4, 0.5) is 17.6 Å². The maximum Gasteiger partial charge on any atom is 0.317 e. The van der Waals surface area contributed by atoms with Gasteiger partial charge in [0, 0.05) is 0 Å². The maximum absolute atomic E-state index is 13.6. The van der Waals surface area contributed by atoms with Gasteiger partial charge in [0.25, 0.3) is 0 Å². The number of hydrogen-bond acceptors (Lipinski definition) is 16. The van der Waals surface area contributed by atoms with E-state index >= 15 is 0 Å². The van der Waals surface area contributed by atoms with Gasteiger partial charge in [-0.3, -0.25) is 24.0 Å². The normalized spacial score (nSPS) is 18.0. The molecule has 2 bridgehead atoms. The average Bonchev–Trinajstić information content (AvgIpc) is 1.61. The summed E-state index contributed by atoms with van der Waals surface area (Å²) >= 11 is 0. The Labute approximate surface area is 544 Å². The first kappa shape index (κ1) is 74.4. The van der Waals surface area contributed by atoms with E-state index in [2.05, 4.69) is 108 Å². The number of aromatic hydroxyl groups is 1. The molecule has 6 aromatic rings. The van der Waals surface area contributed by atoms with E-state index in [1.165, 1.54) is 51.8 Å². The Balaban J connectivity index is 0.000000185. The molecule has 1 N–H and O–H groups in total. The summed E-state index contributed by atoms with van der Waals surface area (Å²) in [5.74, 6) is -12.8. The number of esters is 5. The molecule has 0 aromatic heterocycles. The summed E-state index contributed by atoms with van der Waals surface area (Å²) in [4.78, 5) is 60.5. The topological polar surface area (TPSA) is 227 Å². The van der Waals surface area contributed by atoms with Crippen molar-refractivity contribution in [1.82, 2.24) is 0 Å². The number of halogens is 4. The monoisotopic (exact) mass is 1330 g/mol. The minimum Gasteiger partial charge on any atom is -0.744 e. The number of carbonyl (C=O) groups is 5. The van der Waals surface area contributed by atoms with Crippen LogP contribution in [-0.4, -0.2) is 85.2 Å². The van der Waals surface area contributed by atoms with Crippen molar-refractivity contribution in [2.45, 2.75) is 178 Å². The van der Waals surface area contributed by atoms with Crippen LogP contribution in [0.5, 0.6) is 17.2 Å². The van der Waals surface area contributed by atoms with Gasteiger partial charge in [0.1, 0.15) is 32.6 Å². The van der Waals surface area contributed by atoms with E-state index < -0.39 is 83.9 Å². The lowest BCUT2D eigenvalue weighted by molar-refractivity contribution is -0.171. The highest BCUT2D eigenvalue weighted by molar-refractivity contribution is 7.97. The molecule has 0 saturated carbocycles. The number of fused-ring (bicyclic) bond motifs is 2. The average molecular weight is 1330 g/mol. The standard InChI is InChI=1S/C18H15S.C16H22O3.C13H18O5.C12H12F4O5S.C12H16O3/c1-4-10-16(11-5-1)19(17-12-6-2-7-13-17)18-14-8-3-9-15-18;1-4-16(2,3)15(17)19-11-18-14-9-12-7-5-6-8-13(12)10-14;1-4-13(2,3)12(15)18-9-7-5-6-8(16-7)10(9)17-11(6)14;1-4-12(2,3)11(17)21-9-5(13)7(15)10(22(18,19)20)8(16)6(9)14;1-4-12(2,3)11(14)15-10-7-5-9(13)6-8-10/h1-15H;5-8,14H,4,9-11H2,1-3H3;6-10H,4-5H2,1-3H3;4H2,1-3H3,(H,18,19,20);5-8,13H,4H2,1-3H3/q+1;;;;/p-1. The number of hydrogen-bond donors (Lipinski definition) is 1. The molecule has 502 valence electrons. The van der Waals surface area contributed by atoms with Crippen LogP contribution in [0.2, 0.25) is 0 Å². The molecule has 0 amide bonds. The fourth-order valence-corrected chi connectivity index (χ4v) is 11.9. The molecule has 3 fully saturated rings. The van der Waals surface area contributed by atoms with Gasteiger partial charge in [-0.05, 0) is 172 Å². The zero-order valence-electron chi connectivity index (χ0n) is 54.3. The smallest absolute Gasteiger partial charge is 0.317 e. The second-order valence-corrected chi connectivity index (χ2v) is 28.4. The number of rotatable bonds is 18. The van der Waals surface area contributed by atoms with E-state index in [1.807, 2.05) is 74.4 Å². The minimum absolute atomic E-state index is 0.0146. The van der Waals surface area contributed by atoms with Crippen molar-refractivity contribution >= 4 is 50.9 Å². The highest BCUT2D eigenvalue weighted by atomic mass is 32.2. The Morgan fingerprint density at radius 3 is 1.41 bits per heavy atom. The fourth-order valence-electron chi connectivity index (χ4n) is 9.23. The summed E-state index contributed by atoms with van der Waals surface area (Å²) in [6.45, 7) is 21.4. The first-order chi connectivity index (χ1) is 43.7. The van der Waals surface area contributed by atoms with Crippen molar-refractivity contribution in [1.29, 1.82) is 0 Å². The van der Waals surface area contributed by atoms with Gasteiger partial charge in [0.15, 0.2) is 45.3 Å². The van der Waals surface area contributed by atoms with Gasteiger partial charge in [-0.15, -0.1) is 0 Å². The molecule has 0 radical (unpaired) electrons. The summed E-state index contributed by atoms with van der Waals surface area (Å²) in [7, 11) is -5.82. The van der Waals surface area contributed by atoms with E-state index in [-0.39, 0.29) is 78.0 Å². The second-order valence-electron chi connectivity index (χ2n) is 25.1. The lowest BCUT2D eigenvalue weighted by atomic mass is 9.87. The molecule has 4 aliphatic rings. The molecule has 16 nitrogen and oxygen atoms in total. The van der Waals surface area contributed by atoms with Gasteiger partial charge in [-0.2, -0.15) is 8.78 Å². The summed E-state index contributed by atoms with van der Waals surface area (Å²) in [5, 5.41) is 9.06. The predicted molar refractivity (Wildman–Crippen MR) is 338 cm³/mol. The third-order valence-corrected chi connectivity index (χ3v) is 20.0. The lowest BCUT2D eigenvalue weighted by Crippen LogP contribution is -2.42. The van der Waals surface area contributed by atoms with Crippen LogP contribution in [0, 0.1) is 50.8 Å². The van der Waals surface area contributed by atoms with Gasteiger partial charge < -0.3 is 42.8 Å². The zero-order chi connectivity index (χ0) is 68.8. The number of ether oxygens (including phenoxy) is 7. The molecule has 10 rings (SSSR count). The van der Waals surface area contributed by atoms with Crippen molar-refractivity contribution in [2.75, 3.05) is 6.79 Å². The largest absolute Gasteiger partial charge is 0.744 e. The number of benzene rings is 6. The van der Waals surface area contributed by atoms with Crippen LogP contribution in [0.15, 0.2) is 159 Å². The third-order valence-electron chi connectivity index (χ3n) is 16.9. The first-order valence-corrected chi connectivity index (χ1v) is 33.2. The van der Waals surface area contributed by atoms with Gasteiger partial charge in [0.05, 0.1) is 50.7 Å². The molecule has 3 heterocycles. The van der Waals surface area contributed by atoms with Crippen molar-refractivity contribution < 1.29 is 92.8 Å². The predicted octanol–water partition coefficient (Wildman–Crippen LogP) is 14.2. The van der Waals surface area contributed by atoms with Crippen molar-refractivity contribution in [3.05, 3.63) is 174 Å². The van der Waals surface area contributed by atoms with Crippen LogP contribution in [0.1, 0.15) is 126 Å². The number of carbonyl (C=O) groups excluding carboxylic acids is 5.